The van der Waals surface area contributed by atoms with Gasteiger partial charge in [0.15, 0.2) is 0 Å². The molecule has 0 spiro atoms. The van der Waals surface area contributed by atoms with Gasteiger partial charge in [-0.3, -0.25) is 4.79 Å². The highest BCUT2D eigenvalue weighted by Crippen LogP contribution is 2.14. The Balaban J connectivity index is 2.67. The first-order valence-electron chi connectivity index (χ1n) is 8.86. The molecule has 0 aliphatic carbocycles. The van der Waals surface area contributed by atoms with Gasteiger partial charge < -0.3 is 9.57 Å². The third kappa shape index (κ3) is 8.65. The Morgan fingerprint density at radius 1 is 1.04 bits per heavy atom. The number of rotatable bonds is 7. The number of Topliss-reactive ketones (excluding diaryl/α,β-unsaturated/α-hetero) is 1. The zero-order valence-electron chi connectivity index (χ0n) is 16.3. The summed E-state index contributed by atoms with van der Waals surface area (Å²) < 4.78 is 5.30. The van der Waals surface area contributed by atoms with Crippen molar-refractivity contribution in [3.63, 3.8) is 0 Å². The van der Waals surface area contributed by atoms with E-state index in [-0.39, 0.29) is 24.7 Å². The molecule has 0 aliphatic heterocycles. The van der Waals surface area contributed by atoms with Crippen LogP contribution >= 0.6 is 0 Å². The molecule has 0 radical (unpaired) electrons. The van der Waals surface area contributed by atoms with E-state index in [1.54, 1.807) is 20.8 Å². The molecule has 0 atom stereocenters. The van der Waals surface area contributed by atoms with Crippen molar-refractivity contribution in [3.05, 3.63) is 35.9 Å². The average Bonchev–Trinajstić information content (AvgIpc) is 2.53. The van der Waals surface area contributed by atoms with Gasteiger partial charge in [0.05, 0.1) is 6.54 Å². The van der Waals surface area contributed by atoms with Gasteiger partial charge in [0.1, 0.15) is 11.4 Å². The Morgan fingerprint density at radius 2 is 1.65 bits per heavy atom. The van der Waals surface area contributed by atoms with Gasteiger partial charge >= 0.3 is 12.1 Å². The molecule has 0 fully saturated rings. The minimum Gasteiger partial charge on any atom is -0.442 e. The molecular formula is C20H29NO5. The number of hydroxylamine groups is 2. The van der Waals surface area contributed by atoms with Crippen molar-refractivity contribution < 1.29 is 24.0 Å². The number of ether oxygens (including phenoxy) is 1. The number of carbonyl (C=O) groups is 3. The van der Waals surface area contributed by atoms with Gasteiger partial charge in [0, 0.05) is 18.8 Å². The lowest BCUT2D eigenvalue weighted by atomic mass is 10.0. The fraction of sp³-hybridized carbons (Fsp3) is 0.550. The third-order valence-corrected chi connectivity index (χ3v) is 3.43. The molecule has 0 bridgehead atoms. The van der Waals surface area contributed by atoms with E-state index in [4.69, 9.17) is 9.57 Å². The topological polar surface area (TPSA) is 72.9 Å². The van der Waals surface area contributed by atoms with Gasteiger partial charge in [0.2, 0.25) is 0 Å². The van der Waals surface area contributed by atoms with Crippen molar-refractivity contribution >= 4 is 17.8 Å². The summed E-state index contributed by atoms with van der Waals surface area (Å²) in [4.78, 5) is 41.3. The van der Waals surface area contributed by atoms with Gasteiger partial charge in [-0.05, 0) is 32.8 Å². The molecule has 0 aromatic heterocycles. The lowest BCUT2D eigenvalue weighted by molar-refractivity contribution is -0.187. The van der Waals surface area contributed by atoms with Crippen LogP contribution in [-0.4, -0.2) is 28.5 Å². The molecule has 1 amide bonds. The molecule has 0 saturated carbocycles. The van der Waals surface area contributed by atoms with Crippen molar-refractivity contribution in [2.75, 3.05) is 0 Å². The second-order valence-corrected chi connectivity index (χ2v) is 7.44. The summed E-state index contributed by atoms with van der Waals surface area (Å²) in [6.45, 7) is 8.96. The van der Waals surface area contributed by atoms with E-state index in [1.807, 2.05) is 44.2 Å². The Morgan fingerprint density at radius 3 is 2.19 bits per heavy atom. The summed E-state index contributed by atoms with van der Waals surface area (Å²) in [6.07, 6.45) is 0.0429. The number of nitrogens with zero attached hydrogens (tertiary/aromatic N) is 1. The molecule has 0 aliphatic rings. The molecule has 6 nitrogen and oxygen atoms in total. The van der Waals surface area contributed by atoms with Gasteiger partial charge in [0.25, 0.3) is 0 Å². The molecule has 1 aromatic carbocycles. The van der Waals surface area contributed by atoms with Crippen LogP contribution in [0.5, 0.6) is 0 Å². The fourth-order valence-electron chi connectivity index (χ4n) is 2.06. The molecule has 144 valence electrons. The molecule has 1 aromatic rings. The Kier molecular flexibility index (Phi) is 8.29. The monoisotopic (exact) mass is 363 g/mol. The standard InChI is InChI=1S/C20H29NO5/c1-15(2)17(22)12-9-13-18(23)26-21(19(24)25-20(3,4)5)14-16-10-7-6-8-11-16/h6-8,10-11,15H,9,12-14H2,1-5H3. The van der Waals surface area contributed by atoms with Gasteiger partial charge in [-0.15, -0.1) is 5.06 Å². The number of hydrogen-bond donors (Lipinski definition) is 0. The molecule has 0 N–H and O–H groups in total. The van der Waals surface area contributed by atoms with E-state index in [9.17, 15) is 14.4 Å². The highest BCUT2D eigenvalue weighted by atomic mass is 16.8. The fourth-order valence-corrected chi connectivity index (χ4v) is 2.06. The summed E-state index contributed by atoms with van der Waals surface area (Å²) in [6, 6.07) is 9.18. The van der Waals surface area contributed by atoms with Crippen LogP contribution in [0.25, 0.3) is 0 Å². The first-order chi connectivity index (χ1) is 12.1. The summed E-state index contributed by atoms with van der Waals surface area (Å²) in [7, 11) is 0. The molecular weight excluding hydrogens is 334 g/mol. The molecule has 0 unspecified atom stereocenters. The molecule has 0 heterocycles. The predicted molar refractivity (Wildman–Crippen MR) is 98.0 cm³/mol. The van der Waals surface area contributed by atoms with E-state index in [1.165, 1.54) is 0 Å². The maximum atomic E-state index is 12.3. The first kappa shape index (κ1) is 21.7. The maximum Gasteiger partial charge on any atom is 0.444 e. The lowest BCUT2D eigenvalue weighted by Crippen LogP contribution is -2.38. The van der Waals surface area contributed by atoms with E-state index < -0.39 is 17.7 Å². The highest BCUT2D eigenvalue weighted by molar-refractivity contribution is 5.81. The smallest absolute Gasteiger partial charge is 0.442 e. The van der Waals surface area contributed by atoms with Crippen molar-refractivity contribution in [1.82, 2.24) is 5.06 Å². The number of ketones is 1. The van der Waals surface area contributed by atoms with E-state index >= 15 is 0 Å². The second kappa shape index (κ2) is 9.94. The Bertz CT molecular complexity index is 604. The molecule has 0 saturated heterocycles. The molecule has 6 heteroatoms. The quantitative estimate of drug-likeness (QED) is 0.676. The molecule has 26 heavy (non-hydrogen) atoms. The van der Waals surface area contributed by atoms with Gasteiger partial charge in [-0.25, -0.2) is 9.59 Å². The largest absolute Gasteiger partial charge is 0.444 e. The van der Waals surface area contributed by atoms with Crippen LogP contribution in [-0.2, 0) is 25.7 Å². The van der Waals surface area contributed by atoms with Gasteiger partial charge in [-0.2, -0.15) is 0 Å². The second-order valence-electron chi connectivity index (χ2n) is 7.44. The van der Waals surface area contributed by atoms with Crippen LogP contribution in [0.15, 0.2) is 30.3 Å². The van der Waals surface area contributed by atoms with Crippen LogP contribution in [0.1, 0.15) is 59.4 Å². The van der Waals surface area contributed by atoms with Crippen LogP contribution in [0.4, 0.5) is 4.79 Å². The number of carbonyl (C=O) groups excluding carboxylic acids is 3. The lowest BCUT2D eigenvalue weighted by Gasteiger charge is -2.26. The summed E-state index contributed by atoms with van der Waals surface area (Å²) in [5.74, 6) is -0.517. The van der Waals surface area contributed by atoms with E-state index in [2.05, 4.69) is 0 Å². The average molecular weight is 363 g/mol. The van der Waals surface area contributed by atoms with Crippen molar-refractivity contribution in [2.45, 2.75) is 66.0 Å². The van der Waals surface area contributed by atoms with Crippen LogP contribution in [0, 0.1) is 5.92 Å². The van der Waals surface area contributed by atoms with Crippen molar-refractivity contribution in [3.8, 4) is 0 Å². The highest BCUT2D eigenvalue weighted by Gasteiger charge is 2.25. The summed E-state index contributed by atoms with van der Waals surface area (Å²) in [5, 5.41) is 0.924. The zero-order valence-corrected chi connectivity index (χ0v) is 16.3. The van der Waals surface area contributed by atoms with E-state index in [0.717, 1.165) is 10.6 Å². The van der Waals surface area contributed by atoms with E-state index in [0.29, 0.717) is 12.8 Å². The zero-order chi connectivity index (χ0) is 19.7. The number of hydrogen-bond acceptors (Lipinski definition) is 5. The van der Waals surface area contributed by atoms with Crippen molar-refractivity contribution in [1.29, 1.82) is 0 Å². The maximum absolute atomic E-state index is 12.3. The van der Waals surface area contributed by atoms with Crippen molar-refractivity contribution in [2.24, 2.45) is 5.92 Å². The number of amides is 1. The van der Waals surface area contributed by atoms with Crippen LogP contribution < -0.4 is 0 Å². The first-order valence-corrected chi connectivity index (χ1v) is 8.86. The van der Waals surface area contributed by atoms with Gasteiger partial charge in [-0.1, -0.05) is 44.2 Å². The minimum atomic E-state index is -0.729. The minimum absolute atomic E-state index is 0.0534. The van der Waals surface area contributed by atoms with Crippen LogP contribution in [0.2, 0.25) is 0 Å². The SMILES string of the molecule is CC(C)C(=O)CCCC(=O)ON(Cc1ccccc1)C(=O)OC(C)(C)C. The summed E-state index contributed by atoms with van der Waals surface area (Å²) in [5.41, 5.74) is 0.100. The molecule has 1 rings (SSSR count). The Labute approximate surface area is 155 Å². The predicted octanol–water partition coefficient (Wildman–Crippen LogP) is 4.28. The Hall–Kier alpha value is -2.37. The third-order valence-electron chi connectivity index (χ3n) is 3.43. The summed E-state index contributed by atoms with van der Waals surface area (Å²) >= 11 is 0. The van der Waals surface area contributed by atoms with Crippen LogP contribution in [0.3, 0.4) is 0 Å². The number of benzene rings is 1. The normalized spacial score (nSPS) is 11.2.